The van der Waals surface area contributed by atoms with E-state index in [2.05, 4.69) is 15.0 Å². The lowest BCUT2D eigenvalue weighted by Crippen LogP contribution is -2.35. The van der Waals surface area contributed by atoms with Crippen LogP contribution in [0.3, 0.4) is 0 Å². The Balaban J connectivity index is 1.86. The molecule has 0 radical (unpaired) electrons. The molecule has 1 fully saturated rings. The highest BCUT2D eigenvalue weighted by atomic mass is 35.5. The highest BCUT2D eigenvalue weighted by molar-refractivity contribution is 6.33. The second-order valence-corrected chi connectivity index (χ2v) is 5.23. The van der Waals surface area contributed by atoms with Crippen LogP contribution in [0.5, 0.6) is 0 Å². The Labute approximate surface area is 121 Å². The van der Waals surface area contributed by atoms with Crippen LogP contribution in [0.2, 0.25) is 5.02 Å². The Hall–Kier alpha value is -1.63. The molecule has 106 valence electrons. The van der Waals surface area contributed by atoms with Crippen molar-refractivity contribution in [2.45, 2.75) is 6.10 Å². The minimum absolute atomic E-state index is 0.168. The summed E-state index contributed by atoms with van der Waals surface area (Å²) in [5, 5.41) is 4.47. The summed E-state index contributed by atoms with van der Waals surface area (Å²) in [6.07, 6.45) is -0.168. The smallest absolute Gasteiger partial charge is 0.259 e. The first-order chi connectivity index (χ1) is 9.63. The Morgan fingerprint density at radius 1 is 1.45 bits per heavy atom. The molecule has 6 nitrogen and oxygen atoms in total. The lowest BCUT2D eigenvalue weighted by Gasteiger charge is -2.27. The van der Waals surface area contributed by atoms with Gasteiger partial charge in [0.25, 0.3) is 5.89 Å². The number of anilines is 1. The highest BCUT2D eigenvalue weighted by Crippen LogP contribution is 2.29. The number of hydrogen-bond donors (Lipinski definition) is 1. The molecule has 1 saturated heterocycles. The Bertz CT molecular complexity index is 616. The van der Waals surface area contributed by atoms with Gasteiger partial charge in [-0.25, -0.2) is 0 Å². The molecule has 1 aromatic carbocycles. The molecular weight excluding hydrogens is 280 g/mol. The molecule has 2 aromatic rings. The van der Waals surface area contributed by atoms with E-state index < -0.39 is 0 Å². The van der Waals surface area contributed by atoms with E-state index in [0.717, 1.165) is 13.1 Å². The number of morpholine rings is 1. The van der Waals surface area contributed by atoms with Crippen molar-refractivity contribution in [2.75, 3.05) is 32.5 Å². The van der Waals surface area contributed by atoms with Crippen LogP contribution in [0, 0.1) is 0 Å². The van der Waals surface area contributed by atoms with Crippen LogP contribution in [-0.4, -0.2) is 41.8 Å². The summed E-state index contributed by atoms with van der Waals surface area (Å²) in [6, 6.07) is 5.17. The van der Waals surface area contributed by atoms with Crippen molar-refractivity contribution < 1.29 is 9.26 Å². The number of benzene rings is 1. The zero-order valence-corrected chi connectivity index (χ0v) is 11.8. The van der Waals surface area contributed by atoms with Gasteiger partial charge in [-0.1, -0.05) is 16.8 Å². The minimum atomic E-state index is -0.168. The Morgan fingerprint density at radius 2 is 2.30 bits per heavy atom. The summed E-state index contributed by atoms with van der Waals surface area (Å²) in [4.78, 5) is 6.54. The van der Waals surface area contributed by atoms with Crippen molar-refractivity contribution >= 4 is 17.3 Å². The molecule has 0 saturated carbocycles. The topological polar surface area (TPSA) is 77.4 Å². The summed E-state index contributed by atoms with van der Waals surface area (Å²) < 4.78 is 10.9. The van der Waals surface area contributed by atoms with E-state index in [1.54, 1.807) is 18.2 Å². The van der Waals surface area contributed by atoms with Crippen molar-refractivity contribution in [3.05, 3.63) is 29.0 Å². The zero-order valence-electron chi connectivity index (χ0n) is 11.0. The Kier molecular flexibility index (Phi) is 3.60. The number of nitrogen functional groups attached to an aromatic ring is 1. The van der Waals surface area contributed by atoms with Gasteiger partial charge in [0.15, 0.2) is 0 Å². The van der Waals surface area contributed by atoms with Crippen molar-refractivity contribution in [3.63, 3.8) is 0 Å². The molecule has 3 rings (SSSR count). The average molecular weight is 295 g/mol. The molecular formula is C13H15ClN4O2. The van der Waals surface area contributed by atoms with Crippen LogP contribution in [-0.2, 0) is 4.74 Å². The molecule has 1 aliphatic heterocycles. The summed E-state index contributed by atoms with van der Waals surface area (Å²) in [5.74, 6) is 0.918. The van der Waals surface area contributed by atoms with Gasteiger partial charge >= 0.3 is 0 Å². The molecule has 2 N–H and O–H groups in total. The summed E-state index contributed by atoms with van der Waals surface area (Å²) in [5.41, 5.74) is 6.93. The molecule has 0 amide bonds. The molecule has 1 aromatic heterocycles. The summed E-state index contributed by atoms with van der Waals surface area (Å²) in [7, 11) is 2.04. The maximum atomic E-state index is 6.13. The van der Waals surface area contributed by atoms with E-state index in [1.807, 2.05) is 7.05 Å². The number of rotatable bonds is 2. The molecule has 20 heavy (non-hydrogen) atoms. The molecule has 0 spiro atoms. The van der Waals surface area contributed by atoms with Gasteiger partial charge < -0.3 is 19.9 Å². The largest absolute Gasteiger partial charge is 0.399 e. The summed E-state index contributed by atoms with van der Waals surface area (Å²) >= 11 is 6.13. The molecule has 7 heteroatoms. The number of ether oxygens (including phenoxy) is 1. The van der Waals surface area contributed by atoms with Crippen LogP contribution in [0.15, 0.2) is 22.7 Å². The number of likely N-dealkylation sites (N-methyl/N-ethyl adjacent to an activating group) is 1. The fraction of sp³-hybridized carbons (Fsp3) is 0.385. The molecule has 1 aliphatic rings. The van der Waals surface area contributed by atoms with Crippen LogP contribution in [0.4, 0.5) is 5.69 Å². The number of nitrogens with zero attached hydrogens (tertiary/aromatic N) is 3. The van der Waals surface area contributed by atoms with E-state index >= 15 is 0 Å². The number of aromatic nitrogens is 2. The normalized spacial score (nSPS) is 20.2. The van der Waals surface area contributed by atoms with Crippen LogP contribution in [0.1, 0.15) is 11.9 Å². The third-order valence-corrected chi connectivity index (χ3v) is 3.54. The maximum Gasteiger partial charge on any atom is 0.259 e. The number of nitrogens with two attached hydrogens (primary N) is 1. The first kappa shape index (κ1) is 13.4. The van der Waals surface area contributed by atoms with Crippen LogP contribution < -0.4 is 5.73 Å². The van der Waals surface area contributed by atoms with Gasteiger partial charge in [-0.3, -0.25) is 0 Å². The predicted octanol–water partition coefficient (Wildman–Crippen LogP) is 1.98. The quantitative estimate of drug-likeness (QED) is 0.853. The van der Waals surface area contributed by atoms with Crippen LogP contribution >= 0.6 is 11.6 Å². The zero-order chi connectivity index (χ0) is 14.1. The summed E-state index contributed by atoms with van der Waals surface area (Å²) in [6.45, 7) is 2.31. The van der Waals surface area contributed by atoms with Gasteiger partial charge in [0, 0.05) is 18.8 Å². The second-order valence-electron chi connectivity index (χ2n) is 4.82. The fourth-order valence-electron chi connectivity index (χ4n) is 2.11. The SMILES string of the molecule is CN1CCOC(c2noc(-c3ccc(N)cc3Cl)n2)C1. The second kappa shape index (κ2) is 5.40. The number of hydrogen-bond acceptors (Lipinski definition) is 6. The van der Waals surface area contributed by atoms with Gasteiger partial charge in [-0.15, -0.1) is 0 Å². The van der Waals surface area contributed by atoms with E-state index in [0.29, 0.717) is 34.6 Å². The van der Waals surface area contributed by atoms with Crippen molar-refractivity contribution in [2.24, 2.45) is 0 Å². The third-order valence-electron chi connectivity index (χ3n) is 3.22. The van der Waals surface area contributed by atoms with Crippen molar-refractivity contribution in [1.29, 1.82) is 0 Å². The van der Waals surface area contributed by atoms with E-state index in [-0.39, 0.29) is 6.10 Å². The fourth-order valence-corrected chi connectivity index (χ4v) is 2.38. The third kappa shape index (κ3) is 2.63. The molecule has 1 unspecified atom stereocenters. The number of halogens is 1. The molecule has 1 atom stereocenters. The Morgan fingerprint density at radius 3 is 3.05 bits per heavy atom. The van der Waals surface area contributed by atoms with Gasteiger partial charge in [0.05, 0.1) is 17.2 Å². The highest BCUT2D eigenvalue weighted by Gasteiger charge is 2.25. The van der Waals surface area contributed by atoms with Crippen molar-refractivity contribution in [1.82, 2.24) is 15.0 Å². The average Bonchev–Trinajstić information content (AvgIpc) is 2.88. The van der Waals surface area contributed by atoms with E-state index in [9.17, 15) is 0 Å². The molecule has 0 bridgehead atoms. The van der Waals surface area contributed by atoms with Crippen molar-refractivity contribution in [3.8, 4) is 11.5 Å². The molecule has 0 aliphatic carbocycles. The van der Waals surface area contributed by atoms with Gasteiger partial charge in [0.1, 0.15) is 6.10 Å². The standard InChI is InChI=1S/C13H15ClN4O2/c1-18-4-5-19-11(7-18)12-16-13(20-17-12)9-3-2-8(15)6-10(9)14/h2-3,6,11H,4-5,7,15H2,1H3. The lowest BCUT2D eigenvalue weighted by atomic mass is 10.2. The monoisotopic (exact) mass is 294 g/mol. The molecule has 2 heterocycles. The minimum Gasteiger partial charge on any atom is -0.399 e. The van der Waals surface area contributed by atoms with Gasteiger partial charge in [0.2, 0.25) is 5.82 Å². The lowest BCUT2D eigenvalue weighted by molar-refractivity contribution is -0.0264. The van der Waals surface area contributed by atoms with Gasteiger partial charge in [-0.2, -0.15) is 4.98 Å². The van der Waals surface area contributed by atoms with E-state index in [4.69, 9.17) is 26.6 Å². The first-order valence-corrected chi connectivity index (χ1v) is 6.70. The maximum absolute atomic E-state index is 6.13. The van der Waals surface area contributed by atoms with Gasteiger partial charge in [-0.05, 0) is 25.2 Å². The van der Waals surface area contributed by atoms with E-state index in [1.165, 1.54) is 0 Å². The predicted molar refractivity (Wildman–Crippen MR) is 75.3 cm³/mol. The first-order valence-electron chi connectivity index (χ1n) is 6.32. The van der Waals surface area contributed by atoms with Crippen LogP contribution in [0.25, 0.3) is 11.5 Å².